The molecule has 1 aliphatic carbocycles. The normalized spacial score (nSPS) is 18.0. The number of benzene rings is 2. The van der Waals surface area contributed by atoms with Crippen LogP contribution in [0.15, 0.2) is 50.1 Å². The Morgan fingerprint density at radius 2 is 2.00 bits per heavy atom. The van der Waals surface area contributed by atoms with Gasteiger partial charge in [0.15, 0.2) is 11.0 Å². The molecule has 0 atom stereocenters. The van der Waals surface area contributed by atoms with E-state index in [0.29, 0.717) is 24.2 Å². The van der Waals surface area contributed by atoms with Crippen LogP contribution in [0.25, 0.3) is 22.3 Å². The number of ether oxygens (including phenoxy) is 2. The van der Waals surface area contributed by atoms with E-state index in [2.05, 4.69) is 15.9 Å². The Balaban J connectivity index is 1.53. The summed E-state index contributed by atoms with van der Waals surface area (Å²) in [4.78, 5) is 23.4. The molecule has 4 rings (SSSR count). The summed E-state index contributed by atoms with van der Waals surface area (Å²) in [5.74, 6) is -1.19. The van der Waals surface area contributed by atoms with Gasteiger partial charge in [-0.25, -0.2) is 4.39 Å². The second kappa shape index (κ2) is 8.98. The van der Waals surface area contributed by atoms with E-state index in [0.717, 1.165) is 10.5 Å². The molecule has 0 amide bonds. The number of hydrogen-bond donors (Lipinski definition) is 1. The highest BCUT2D eigenvalue weighted by Crippen LogP contribution is 2.35. The highest BCUT2D eigenvalue weighted by Gasteiger charge is 2.35. The molecule has 0 saturated heterocycles. The maximum absolute atomic E-state index is 13.8. The summed E-state index contributed by atoms with van der Waals surface area (Å²) in [7, 11) is 0. The number of carboxylic acids is 1. The summed E-state index contributed by atoms with van der Waals surface area (Å²) in [6, 6.07) is 8.95. The third-order valence-corrected chi connectivity index (χ3v) is 5.98. The molecule has 31 heavy (non-hydrogen) atoms. The van der Waals surface area contributed by atoms with Crippen LogP contribution in [-0.2, 0) is 9.53 Å². The zero-order valence-corrected chi connectivity index (χ0v) is 18.4. The van der Waals surface area contributed by atoms with Crippen molar-refractivity contribution in [3.63, 3.8) is 0 Å². The molecule has 1 aromatic heterocycles. The molecular formula is C22H17BrClFO6. The molecule has 1 saturated carbocycles. The molecule has 0 unspecified atom stereocenters. The molecule has 0 bridgehead atoms. The number of fused-ring (bicyclic) bond motifs is 1. The van der Waals surface area contributed by atoms with Crippen LogP contribution in [0, 0.1) is 11.7 Å². The fourth-order valence-electron chi connectivity index (χ4n) is 3.38. The van der Waals surface area contributed by atoms with E-state index in [9.17, 15) is 14.0 Å². The van der Waals surface area contributed by atoms with Gasteiger partial charge in [-0.05, 0) is 43.2 Å². The summed E-state index contributed by atoms with van der Waals surface area (Å²) in [5.41, 5.74) is 0.116. The number of halogens is 3. The van der Waals surface area contributed by atoms with Crippen molar-refractivity contribution in [2.24, 2.45) is 5.92 Å². The molecule has 1 fully saturated rings. The molecule has 0 radical (unpaired) electrons. The van der Waals surface area contributed by atoms with Gasteiger partial charge < -0.3 is 19.0 Å². The van der Waals surface area contributed by atoms with Crippen molar-refractivity contribution >= 4 is 44.5 Å². The Kier molecular flexibility index (Phi) is 6.31. The first-order valence-corrected chi connectivity index (χ1v) is 10.7. The van der Waals surface area contributed by atoms with Crippen LogP contribution < -0.4 is 10.2 Å². The van der Waals surface area contributed by atoms with Crippen LogP contribution in [0.3, 0.4) is 0 Å². The Morgan fingerprint density at radius 1 is 1.23 bits per heavy atom. The lowest BCUT2D eigenvalue weighted by Crippen LogP contribution is -2.37. The Bertz CT molecular complexity index is 1200. The van der Waals surface area contributed by atoms with Crippen LogP contribution in [-0.4, -0.2) is 30.4 Å². The molecule has 9 heteroatoms. The van der Waals surface area contributed by atoms with E-state index in [4.69, 9.17) is 30.6 Å². The minimum absolute atomic E-state index is 0.0284. The Labute approximate surface area is 189 Å². The van der Waals surface area contributed by atoms with Crippen molar-refractivity contribution in [2.45, 2.75) is 18.9 Å². The Morgan fingerprint density at radius 3 is 2.74 bits per heavy atom. The number of hydrogen-bond acceptors (Lipinski definition) is 5. The van der Waals surface area contributed by atoms with Gasteiger partial charge in [0, 0.05) is 10.5 Å². The van der Waals surface area contributed by atoms with Gasteiger partial charge in [-0.3, -0.25) is 9.59 Å². The lowest BCUT2D eigenvalue weighted by molar-refractivity contribution is -0.151. The van der Waals surface area contributed by atoms with E-state index in [1.165, 1.54) is 12.1 Å². The SMILES string of the molecule is O=C(O)C1CC(OCCOc2cc(Br)ccc2-c2cc(=O)c3ccc(F)c(Cl)c3o2)C1. The maximum Gasteiger partial charge on any atom is 0.306 e. The van der Waals surface area contributed by atoms with Gasteiger partial charge in [0.25, 0.3) is 0 Å². The van der Waals surface area contributed by atoms with Gasteiger partial charge in [-0.1, -0.05) is 27.5 Å². The zero-order chi connectivity index (χ0) is 22.1. The van der Waals surface area contributed by atoms with E-state index in [1.54, 1.807) is 18.2 Å². The quantitative estimate of drug-likeness (QED) is 0.435. The van der Waals surface area contributed by atoms with Gasteiger partial charge >= 0.3 is 5.97 Å². The van der Waals surface area contributed by atoms with E-state index in [1.807, 2.05) is 0 Å². The van der Waals surface area contributed by atoms with Crippen molar-refractivity contribution in [2.75, 3.05) is 13.2 Å². The first-order valence-electron chi connectivity index (χ1n) is 9.52. The van der Waals surface area contributed by atoms with Gasteiger partial charge in [0.1, 0.15) is 29.0 Å². The second-order valence-electron chi connectivity index (χ2n) is 7.20. The fourth-order valence-corrected chi connectivity index (χ4v) is 3.93. The highest BCUT2D eigenvalue weighted by atomic mass is 79.9. The molecule has 162 valence electrons. The predicted molar refractivity (Wildman–Crippen MR) is 116 cm³/mol. The van der Waals surface area contributed by atoms with Crippen LogP contribution in [0.1, 0.15) is 12.8 Å². The average molecular weight is 512 g/mol. The summed E-state index contributed by atoms with van der Waals surface area (Å²) in [6.45, 7) is 0.493. The fraction of sp³-hybridized carbons (Fsp3) is 0.273. The van der Waals surface area contributed by atoms with Crippen LogP contribution in [0.4, 0.5) is 4.39 Å². The topological polar surface area (TPSA) is 86.0 Å². The molecule has 1 aliphatic rings. The van der Waals surface area contributed by atoms with Crippen LogP contribution in [0.5, 0.6) is 5.75 Å². The number of carboxylic acid groups (broad SMARTS) is 1. The largest absolute Gasteiger partial charge is 0.490 e. The zero-order valence-electron chi connectivity index (χ0n) is 16.1. The van der Waals surface area contributed by atoms with E-state index >= 15 is 0 Å². The third-order valence-electron chi connectivity index (χ3n) is 5.14. The highest BCUT2D eigenvalue weighted by molar-refractivity contribution is 9.10. The van der Waals surface area contributed by atoms with E-state index in [-0.39, 0.29) is 52.4 Å². The van der Waals surface area contributed by atoms with Crippen molar-refractivity contribution in [3.05, 3.63) is 61.9 Å². The molecule has 1 heterocycles. The van der Waals surface area contributed by atoms with Crippen molar-refractivity contribution in [3.8, 4) is 17.1 Å². The molecule has 6 nitrogen and oxygen atoms in total. The molecule has 2 aromatic carbocycles. The minimum atomic E-state index is -0.799. The molecule has 3 aromatic rings. The van der Waals surface area contributed by atoms with Crippen molar-refractivity contribution in [1.82, 2.24) is 0 Å². The first kappa shape index (κ1) is 21.8. The van der Waals surface area contributed by atoms with Gasteiger partial charge in [-0.2, -0.15) is 0 Å². The molecule has 0 spiro atoms. The summed E-state index contributed by atoms with van der Waals surface area (Å²) in [5, 5.41) is 8.83. The minimum Gasteiger partial charge on any atom is -0.490 e. The second-order valence-corrected chi connectivity index (χ2v) is 8.49. The Hall–Kier alpha value is -2.42. The smallest absolute Gasteiger partial charge is 0.306 e. The first-order chi connectivity index (χ1) is 14.8. The summed E-state index contributed by atoms with van der Waals surface area (Å²) < 4.78 is 31.8. The van der Waals surface area contributed by atoms with Crippen LogP contribution >= 0.6 is 27.5 Å². The predicted octanol–water partition coefficient (Wildman–Crippen LogP) is 5.27. The molecular weight excluding hydrogens is 495 g/mol. The monoisotopic (exact) mass is 510 g/mol. The van der Waals surface area contributed by atoms with Gasteiger partial charge in [0.05, 0.1) is 29.6 Å². The molecule has 0 aliphatic heterocycles. The third kappa shape index (κ3) is 4.61. The molecule has 1 N–H and O–H groups in total. The van der Waals surface area contributed by atoms with Crippen LogP contribution in [0.2, 0.25) is 5.02 Å². The van der Waals surface area contributed by atoms with Crippen molar-refractivity contribution in [1.29, 1.82) is 0 Å². The van der Waals surface area contributed by atoms with Gasteiger partial charge in [0.2, 0.25) is 0 Å². The van der Waals surface area contributed by atoms with Gasteiger partial charge in [-0.15, -0.1) is 0 Å². The lowest BCUT2D eigenvalue weighted by atomic mass is 9.82. The summed E-state index contributed by atoms with van der Waals surface area (Å²) >= 11 is 9.39. The maximum atomic E-state index is 13.8. The number of aliphatic carboxylic acids is 1. The number of carbonyl (C=O) groups is 1. The summed E-state index contributed by atoms with van der Waals surface area (Å²) in [6.07, 6.45) is 0.913. The van der Waals surface area contributed by atoms with E-state index < -0.39 is 11.8 Å². The number of rotatable bonds is 7. The van der Waals surface area contributed by atoms with Crippen molar-refractivity contribution < 1.29 is 28.2 Å². The lowest BCUT2D eigenvalue weighted by Gasteiger charge is -2.32. The standard InChI is InChI=1S/C22H17BrClFO6/c23-12-1-2-15(18(9-12)30-6-5-29-13-7-11(8-13)22(27)28)19-10-17(26)14-3-4-16(25)20(24)21(14)31-19/h1-4,9-11,13H,5-8H2,(H,27,28). The average Bonchev–Trinajstić information content (AvgIpc) is 2.69.